The SMILES string of the molecule is C[C@@H](NC1CCN(Cc2ccccc2)CC1)c1cccs1. The van der Waals surface area contributed by atoms with Crippen LogP contribution in [0.25, 0.3) is 0 Å². The maximum Gasteiger partial charge on any atom is 0.0388 e. The van der Waals surface area contributed by atoms with Crippen molar-refractivity contribution >= 4 is 11.3 Å². The first-order valence-electron chi connectivity index (χ1n) is 7.87. The predicted octanol–water partition coefficient (Wildman–Crippen LogP) is 4.06. The Kier molecular flexibility index (Phi) is 5.07. The van der Waals surface area contributed by atoms with Crippen molar-refractivity contribution in [1.82, 2.24) is 10.2 Å². The highest BCUT2D eigenvalue weighted by atomic mass is 32.1. The van der Waals surface area contributed by atoms with Crippen LogP contribution in [0.1, 0.15) is 36.2 Å². The minimum atomic E-state index is 0.482. The second kappa shape index (κ2) is 7.21. The monoisotopic (exact) mass is 300 g/mol. The van der Waals surface area contributed by atoms with Crippen LogP contribution in [0.2, 0.25) is 0 Å². The fourth-order valence-electron chi connectivity index (χ4n) is 3.07. The summed E-state index contributed by atoms with van der Waals surface area (Å²) >= 11 is 1.85. The van der Waals surface area contributed by atoms with E-state index in [1.807, 2.05) is 11.3 Å². The van der Waals surface area contributed by atoms with Crippen LogP contribution in [0.4, 0.5) is 0 Å². The van der Waals surface area contributed by atoms with E-state index in [2.05, 4.69) is 65.0 Å². The summed E-state index contributed by atoms with van der Waals surface area (Å²) in [7, 11) is 0. The van der Waals surface area contributed by atoms with Gasteiger partial charge in [0.1, 0.15) is 0 Å². The number of nitrogens with one attached hydrogen (secondary N) is 1. The minimum absolute atomic E-state index is 0.482. The molecule has 1 N–H and O–H groups in total. The number of nitrogens with zero attached hydrogens (tertiary/aromatic N) is 1. The minimum Gasteiger partial charge on any atom is -0.307 e. The Bertz CT molecular complexity index is 515. The molecule has 0 bridgehead atoms. The van der Waals surface area contributed by atoms with Crippen molar-refractivity contribution in [3.05, 3.63) is 58.3 Å². The van der Waals surface area contributed by atoms with Gasteiger partial charge in [-0.3, -0.25) is 4.90 Å². The van der Waals surface area contributed by atoms with E-state index < -0.39 is 0 Å². The Morgan fingerprint density at radius 3 is 2.57 bits per heavy atom. The van der Waals surface area contributed by atoms with Gasteiger partial charge in [-0.1, -0.05) is 36.4 Å². The van der Waals surface area contributed by atoms with E-state index in [1.54, 1.807) is 0 Å². The molecule has 0 saturated carbocycles. The predicted molar refractivity (Wildman–Crippen MR) is 90.6 cm³/mol. The Balaban J connectivity index is 1.45. The molecule has 0 unspecified atom stereocenters. The Morgan fingerprint density at radius 1 is 1.14 bits per heavy atom. The molecular weight excluding hydrogens is 276 g/mol. The first kappa shape index (κ1) is 14.8. The average Bonchev–Trinajstić information content (AvgIpc) is 3.05. The largest absolute Gasteiger partial charge is 0.307 e. The van der Waals surface area contributed by atoms with Gasteiger partial charge in [0, 0.05) is 23.5 Å². The number of hydrogen-bond acceptors (Lipinski definition) is 3. The molecule has 1 fully saturated rings. The van der Waals surface area contributed by atoms with Crippen molar-refractivity contribution in [2.75, 3.05) is 13.1 Å². The molecule has 112 valence electrons. The van der Waals surface area contributed by atoms with Gasteiger partial charge in [0.2, 0.25) is 0 Å². The van der Waals surface area contributed by atoms with Gasteiger partial charge in [-0.25, -0.2) is 0 Å². The lowest BCUT2D eigenvalue weighted by atomic mass is 10.0. The third kappa shape index (κ3) is 4.16. The summed E-state index contributed by atoms with van der Waals surface area (Å²) in [5.74, 6) is 0. The molecule has 1 aliphatic heterocycles. The molecule has 0 aliphatic carbocycles. The highest BCUT2D eigenvalue weighted by molar-refractivity contribution is 7.10. The van der Waals surface area contributed by atoms with E-state index >= 15 is 0 Å². The maximum atomic E-state index is 3.79. The first-order chi connectivity index (χ1) is 10.3. The molecule has 0 spiro atoms. The van der Waals surface area contributed by atoms with Crippen LogP contribution in [-0.2, 0) is 6.54 Å². The summed E-state index contributed by atoms with van der Waals surface area (Å²) in [4.78, 5) is 4.02. The standard InChI is InChI=1S/C18H24N2S/c1-15(18-8-5-13-21-18)19-17-9-11-20(12-10-17)14-16-6-3-2-4-7-16/h2-8,13,15,17,19H,9-12,14H2,1H3/t15-/m1/s1. The van der Waals surface area contributed by atoms with Crippen molar-refractivity contribution in [3.63, 3.8) is 0 Å². The molecule has 1 aromatic carbocycles. The lowest BCUT2D eigenvalue weighted by Crippen LogP contribution is -2.42. The molecule has 0 amide bonds. The van der Waals surface area contributed by atoms with Gasteiger partial charge in [0.05, 0.1) is 0 Å². The zero-order chi connectivity index (χ0) is 14.5. The second-order valence-electron chi connectivity index (χ2n) is 5.94. The number of benzene rings is 1. The molecule has 1 aromatic heterocycles. The number of thiophene rings is 1. The third-order valence-electron chi connectivity index (χ3n) is 4.29. The lowest BCUT2D eigenvalue weighted by molar-refractivity contribution is 0.185. The summed E-state index contributed by atoms with van der Waals surface area (Å²) in [5, 5.41) is 5.95. The number of likely N-dealkylation sites (tertiary alicyclic amines) is 1. The Labute approximate surface area is 131 Å². The second-order valence-corrected chi connectivity index (χ2v) is 6.92. The van der Waals surface area contributed by atoms with Gasteiger partial charge in [0.15, 0.2) is 0 Å². The van der Waals surface area contributed by atoms with Crippen LogP contribution in [0.3, 0.4) is 0 Å². The molecule has 2 aromatic rings. The summed E-state index contributed by atoms with van der Waals surface area (Å²) in [5.41, 5.74) is 1.43. The number of piperidine rings is 1. The molecule has 1 atom stereocenters. The van der Waals surface area contributed by atoms with E-state index in [4.69, 9.17) is 0 Å². The van der Waals surface area contributed by atoms with Crippen LogP contribution in [0, 0.1) is 0 Å². The molecule has 1 aliphatic rings. The average molecular weight is 300 g/mol. The van der Waals surface area contributed by atoms with Crippen molar-refractivity contribution < 1.29 is 0 Å². The van der Waals surface area contributed by atoms with E-state index in [1.165, 1.54) is 36.4 Å². The normalized spacial score (nSPS) is 18.7. The van der Waals surface area contributed by atoms with E-state index in [0.29, 0.717) is 12.1 Å². The molecule has 3 rings (SSSR count). The van der Waals surface area contributed by atoms with Crippen molar-refractivity contribution in [2.24, 2.45) is 0 Å². The Hall–Kier alpha value is -1.16. The molecule has 21 heavy (non-hydrogen) atoms. The lowest BCUT2D eigenvalue weighted by Gasteiger charge is -2.33. The molecule has 2 heterocycles. The summed E-state index contributed by atoms with van der Waals surface area (Å²) in [6, 6.07) is 16.3. The number of hydrogen-bond donors (Lipinski definition) is 1. The summed E-state index contributed by atoms with van der Waals surface area (Å²) < 4.78 is 0. The van der Waals surface area contributed by atoms with Crippen molar-refractivity contribution in [3.8, 4) is 0 Å². The molecular formula is C18H24N2S. The van der Waals surface area contributed by atoms with Gasteiger partial charge in [-0.05, 0) is 49.9 Å². The first-order valence-corrected chi connectivity index (χ1v) is 8.75. The molecule has 3 heteroatoms. The molecule has 1 saturated heterocycles. The van der Waals surface area contributed by atoms with Crippen molar-refractivity contribution in [2.45, 2.75) is 38.4 Å². The maximum absolute atomic E-state index is 3.79. The van der Waals surface area contributed by atoms with Crippen LogP contribution < -0.4 is 5.32 Å². The zero-order valence-corrected chi connectivity index (χ0v) is 13.5. The van der Waals surface area contributed by atoms with Crippen LogP contribution in [0.5, 0.6) is 0 Å². The smallest absolute Gasteiger partial charge is 0.0388 e. The van der Waals surface area contributed by atoms with E-state index in [0.717, 1.165) is 6.54 Å². The summed E-state index contributed by atoms with van der Waals surface area (Å²) in [6.07, 6.45) is 2.51. The van der Waals surface area contributed by atoms with Crippen LogP contribution in [-0.4, -0.2) is 24.0 Å². The highest BCUT2D eigenvalue weighted by Gasteiger charge is 2.21. The van der Waals surface area contributed by atoms with Crippen LogP contribution in [0.15, 0.2) is 47.8 Å². The molecule has 0 radical (unpaired) electrons. The quantitative estimate of drug-likeness (QED) is 0.895. The third-order valence-corrected chi connectivity index (χ3v) is 5.35. The van der Waals surface area contributed by atoms with E-state index in [-0.39, 0.29) is 0 Å². The van der Waals surface area contributed by atoms with Gasteiger partial charge in [-0.2, -0.15) is 0 Å². The number of rotatable bonds is 5. The van der Waals surface area contributed by atoms with Gasteiger partial charge in [0.25, 0.3) is 0 Å². The fourth-order valence-corrected chi connectivity index (χ4v) is 3.82. The zero-order valence-electron chi connectivity index (χ0n) is 12.7. The van der Waals surface area contributed by atoms with Crippen LogP contribution >= 0.6 is 11.3 Å². The highest BCUT2D eigenvalue weighted by Crippen LogP contribution is 2.21. The summed E-state index contributed by atoms with van der Waals surface area (Å²) in [6.45, 7) is 5.77. The molecule has 2 nitrogen and oxygen atoms in total. The fraction of sp³-hybridized carbons (Fsp3) is 0.444. The van der Waals surface area contributed by atoms with Gasteiger partial charge < -0.3 is 5.32 Å². The van der Waals surface area contributed by atoms with E-state index in [9.17, 15) is 0 Å². The Morgan fingerprint density at radius 2 is 1.90 bits per heavy atom. The van der Waals surface area contributed by atoms with Crippen molar-refractivity contribution in [1.29, 1.82) is 0 Å². The van der Waals surface area contributed by atoms with Gasteiger partial charge in [-0.15, -0.1) is 11.3 Å². The topological polar surface area (TPSA) is 15.3 Å². The van der Waals surface area contributed by atoms with Gasteiger partial charge >= 0.3 is 0 Å².